The number of benzene rings is 1. The van der Waals surface area contributed by atoms with Crippen LogP contribution in [0.5, 0.6) is 0 Å². The maximum Gasteiger partial charge on any atom is 0.127 e. The highest BCUT2D eigenvalue weighted by Crippen LogP contribution is 2.47. The topological polar surface area (TPSA) is 32.3 Å². The molecule has 0 spiro atoms. The van der Waals surface area contributed by atoms with Gasteiger partial charge in [0.25, 0.3) is 0 Å². The molecule has 94 valence electrons. The molecule has 2 rings (SSSR count). The summed E-state index contributed by atoms with van der Waals surface area (Å²) in [5.41, 5.74) is 0.848. The van der Waals surface area contributed by atoms with E-state index in [0.29, 0.717) is 17.1 Å². The van der Waals surface area contributed by atoms with Crippen LogP contribution in [0.3, 0.4) is 0 Å². The number of nitrogens with one attached hydrogen (secondary N) is 1. The highest BCUT2D eigenvalue weighted by Gasteiger charge is 2.41. The van der Waals surface area contributed by atoms with E-state index < -0.39 is 0 Å². The summed E-state index contributed by atoms with van der Waals surface area (Å²) in [5, 5.41) is 12.7. The molecule has 1 aromatic carbocycles. The Labute approximate surface area is 106 Å². The summed E-state index contributed by atoms with van der Waals surface area (Å²) in [7, 11) is 0. The van der Waals surface area contributed by atoms with Gasteiger partial charge in [-0.15, -0.1) is 0 Å². The van der Waals surface area contributed by atoms with Crippen molar-refractivity contribution in [2.45, 2.75) is 25.8 Å². The van der Waals surface area contributed by atoms with Crippen molar-refractivity contribution in [3.8, 4) is 0 Å². The molecule has 0 radical (unpaired) electrons. The maximum absolute atomic E-state index is 13.4. The van der Waals surface area contributed by atoms with E-state index in [9.17, 15) is 4.39 Å². The van der Waals surface area contributed by atoms with Crippen LogP contribution in [-0.2, 0) is 6.54 Å². The van der Waals surface area contributed by atoms with Crippen molar-refractivity contribution >= 4 is 11.6 Å². The second-order valence-electron chi connectivity index (χ2n) is 4.81. The first-order valence-electron chi connectivity index (χ1n) is 5.91. The van der Waals surface area contributed by atoms with Crippen molar-refractivity contribution in [3.05, 3.63) is 34.6 Å². The van der Waals surface area contributed by atoms with Gasteiger partial charge in [-0.05, 0) is 42.9 Å². The highest BCUT2D eigenvalue weighted by atomic mass is 35.5. The number of aliphatic hydroxyl groups is 1. The Balaban J connectivity index is 1.84. The Hall–Kier alpha value is -0.640. The van der Waals surface area contributed by atoms with E-state index in [-0.39, 0.29) is 17.8 Å². The van der Waals surface area contributed by atoms with Crippen molar-refractivity contribution in [2.24, 2.45) is 5.41 Å². The predicted molar refractivity (Wildman–Crippen MR) is 66.5 cm³/mol. The third-order valence-corrected chi connectivity index (χ3v) is 3.66. The van der Waals surface area contributed by atoms with Crippen molar-refractivity contribution in [1.82, 2.24) is 5.32 Å². The van der Waals surface area contributed by atoms with Crippen LogP contribution < -0.4 is 5.32 Å². The normalized spacial score (nSPS) is 17.1. The van der Waals surface area contributed by atoms with Crippen LogP contribution >= 0.6 is 11.6 Å². The molecule has 0 heterocycles. The van der Waals surface area contributed by atoms with E-state index in [4.69, 9.17) is 16.7 Å². The third kappa shape index (κ3) is 3.41. The SMILES string of the molecule is OCCC1(CNCc2cc(Cl)ccc2F)CC1. The van der Waals surface area contributed by atoms with Crippen LogP contribution in [0, 0.1) is 11.2 Å². The molecule has 0 bridgehead atoms. The van der Waals surface area contributed by atoms with E-state index >= 15 is 0 Å². The van der Waals surface area contributed by atoms with Crippen LogP contribution in [0.25, 0.3) is 0 Å². The summed E-state index contributed by atoms with van der Waals surface area (Å²) in [6, 6.07) is 4.59. The zero-order valence-electron chi connectivity index (χ0n) is 9.68. The van der Waals surface area contributed by atoms with Gasteiger partial charge < -0.3 is 10.4 Å². The first-order valence-corrected chi connectivity index (χ1v) is 6.29. The maximum atomic E-state index is 13.4. The van der Waals surface area contributed by atoms with Crippen LogP contribution in [0.4, 0.5) is 4.39 Å². The van der Waals surface area contributed by atoms with Gasteiger partial charge in [-0.2, -0.15) is 0 Å². The summed E-state index contributed by atoms with van der Waals surface area (Å²) in [6.45, 7) is 1.55. The lowest BCUT2D eigenvalue weighted by molar-refractivity contribution is 0.245. The molecule has 4 heteroatoms. The molecule has 0 unspecified atom stereocenters. The smallest absolute Gasteiger partial charge is 0.127 e. The van der Waals surface area contributed by atoms with Crippen molar-refractivity contribution in [2.75, 3.05) is 13.2 Å². The second-order valence-corrected chi connectivity index (χ2v) is 5.25. The van der Waals surface area contributed by atoms with Gasteiger partial charge in [0.15, 0.2) is 0 Å². The molecule has 0 saturated heterocycles. The minimum atomic E-state index is -0.228. The minimum absolute atomic E-state index is 0.228. The Kier molecular flexibility index (Phi) is 4.02. The molecule has 0 aliphatic heterocycles. The Morgan fingerprint density at radius 2 is 2.18 bits per heavy atom. The summed E-state index contributed by atoms with van der Waals surface area (Å²) in [6.07, 6.45) is 3.13. The molecule has 1 aromatic rings. The van der Waals surface area contributed by atoms with Gasteiger partial charge in [-0.25, -0.2) is 4.39 Å². The molecule has 0 amide bonds. The fourth-order valence-electron chi connectivity index (χ4n) is 2.07. The van der Waals surface area contributed by atoms with Crippen LogP contribution in [-0.4, -0.2) is 18.3 Å². The quantitative estimate of drug-likeness (QED) is 0.821. The molecule has 1 aliphatic rings. The van der Waals surface area contributed by atoms with Crippen molar-refractivity contribution < 1.29 is 9.50 Å². The van der Waals surface area contributed by atoms with Crippen molar-refractivity contribution in [1.29, 1.82) is 0 Å². The molecule has 1 saturated carbocycles. The molecule has 1 aliphatic carbocycles. The molecular formula is C13H17ClFNO. The second kappa shape index (κ2) is 5.34. The van der Waals surface area contributed by atoms with Gasteiger partial charge in [0, 0.05) is 30.3 Å². The van der Waals surface area contributed by atoms with Gasteiger partial charge in [0.05, 0.1) is 0 Å². The lowest BCUT2D eigenvalue weighted by Gasteiger charge is -2.14. The van der Waals surface area contributed by atoms with E-state index in [1.54, 1.807) is 12.1 Å². The van der Waals surface area contributed by atoms with Gasteiger partial charge in [-0.1, -0.05) is 11.6 Å². The third-order valence-electron chi connectivity index (χ3n) is 3.42. The zero-order chi connectivity index (χ0) is 12.3. The number of hydrogen-bond acceptors (Lipinski definition) is 2. The fraction of sp³-hybridized carbons (Fsp3) is 0.538. The fourth-order valence-corrected chi connectivity index (χ4v) is 2.26. The molecule has 0 atom stereocenters. The first kappa shape index (κ1) is 12.8. The van der Waals surface area contributed by atoms with Crippen LogP contribution in [0.2, 0.25) is 5.02 Å². The van der Waals surface area contributed by atoms with Crippen LogP contribution in [0.15, 0.2) is 18.2 Å². The molecule has 0 aromatic heterocycles. The molecule has 2 nitrogen and oxygen atoms in total. The van der Waals surface area contributed by atoms with Gasteiger partial charge in [0.1, 0.15) is 5.82 Å². The Morgan fingerprint density at radius 3 is 2.82 bits per heavy atom. The average molecular weight is 258 g/mol. The highest BCUT2D eigenvalue weighted by molar-refractivity contribution is 6.30. The van der Waals surface area contributed by atoms with E-state index in [1.807, 2.05) is 0 Å². The van der Waals surface area contributed by atoms with Crippen molar-refractivity contribution in [3.63, 3.8) is 0 Å². The number of aliphatic hydroxyl groups excluding tert-OH is 1. The summed E-state index contributed by atoms with van der Waals surface area (Å²) >= 11 is 5.82. The lowest BCUT2D eigenvalue weighted by atomic mass is 10.0. The molecule has 2 N–H and O–H groups in total. The summed E-state index contributed by atoms with van der Waals surface area (Å²) in [5.74, 6) is -0.228. The summed E-state index contributed by atoms with van der Waals surface area (Å²) in [4.78, 5) is 0. The predicted octanol–water partition coefficient (Wildman–Crippen LogP) is 2.73. The largest absolute Gasteiger partial charge is 0.396 e. The summed E-state index contributed by atoms with van der Waals surface area (Å²) < 4.78 is 13.4. The lowest BCUT2D eigenvalue weighted by Crippen LogP contribution is -2.24. The number of rotatable bonds is 6. The monoisotopic (exact) mass is 257 g/mol. The van der Waals surface area contributed by atoms with Gasteiger partial charge >= 0.3 is 0 Å². The van der Waals surface area contributed by atoms with Gasteiger partial charge in [0.2, 0.25) is 0 Å². The van der Waals surface area contributed by atoms with Gasteiger partial charge in [-0.3, -0.25) is 0 Å². The Bertz CT molecular complexity index is 393. The number of halogens is 2. The number of hydrogen-bond donors (Lipinski definition) is 2. The molecular weight excluding hydrogens is 241 g/mol. The first-order chi connectivity index (χ1) is 8.15. The zero-order valence-corrected chi connectivity index (χ0v) is 10.4. The minimum Gasteiger partial charge on any atom is -0.396 e. The van der Waals surface area contributed by atoms with E-state index in [2.05, 4.69) is 5.32 Å². The standard InChI is InChI=1S/C13H17ClFNO/c14-11-1-2-12(15)10(7-11)8-16-9-13(3-4-13)5-6-17/h1-2,7,16-17H,3-6,8-9H2. The van der Waals surface area contributed by atoms with Crippen LogP contribution in [0.1, 0.15) is 24.8 Å². The average Bonchev–Trinajstić information content (AvgIpc) is 3.04. The molecule has 17 heavy (non-hydrogen) atoms. The van der Waals surface area contributed by atoms with E-state index in [0.717, 1.165) is 25.8 Å². The molecule has 1 fully saturated rings. The van der Waals surface area contributed by atoms with E-state index in [1.165, 1.54) is 6.07 Å². The Morgan fingerprint density at radius 1 is 1.41 bits per heavy atom.